The van der Waals surface area contributed by atoms with Crippen LogP contribution in [0.25, 0.3) is 0 Å². The number of rotatable bonds is 1. The van der Waals surface area contributed by atoms with Crippen LogP contribution in [0.15, 0.2) is 12.4 Å². The van der Waals surface area contributed by atoms with Gasteiger partial charge in [-0.3, -0.25) is 0 Å². The molecule has 0 saturated carbocycles. The molecular formula is C13H24N2. The van der Waals surface area contributed by atoms with Crippen molar-refractivity contribution in [3.8, 4) is 0 Å². The molecule has 2 nitrogen and oxygen atoms in total. The van der Waals surface area contributed by atoms with Crippen LogP contribution in [-0.4, -0.2) is 9.97 Å². The number of nitrogens with zero attached hydrogens (tertiary/aromatic N) is 2. The van der Waals surface area contributed by atoms with Crippen molar-refractivity contribution >= 4 is 0 Å². The molecule has 0 aliphatic rings. The third kappa shape index (κ3) is 4.41. The van der Waals surface area contributed by atoms with Gasteiger partial charge in [0, 0.05) is 16.8 Å². The van der Waals surface area contributed by atoms with Gasteiger partial charge >= 0.3 is 0 Å². The van der Waals surface area contributed by atoms with Crippen LogP contribution < -0.4 is 0 Å². The van der Waals surface area contributed by atoms with E-state index in [0.29, 0.717) is 5.92 Å². The summed E-state index contributed by atoms with van der Waals surface area (Å²) < 4.78 is 0. The van der Waals surface area contributed by atoms with E-state index in [-0.39, 0.29) is 5.41 Å². The Hall–Kier alpha value is -0.920. The predicted molar refractivity (Wildman–Crippen MR) is 66.2 cm³/mol. The zero-order valence-corrected chi connectivity index (χ0v) is 11.1. The molecule has 2 heteroatoms. The number of hydrogen-bond acceptors (Lipinski definition) is 2. The second-order valence-electron chi connectivity index (χ2n) is 4.73. The maximum Gasteiger partial charge on any atom is 0.115 e. The van der Waals surface area contributed by atoms with E-state index >= 15 is 0 Å². The molecular weight excluding hydrogens is 184 g/mol. The summed E-state index contributed by atoms with van der Waals surface area (Å²) in [7, 11) is 0. The fraction of sp³-hybridized carbons (Fsp3) is 0.692. The summed E-state index contributed by atoms with van der Waals surface area (Å²) in [5, 5.41) is 0. The van der Waals surface area contributed by atoms with Gasteiger partial charge < -0.3 is 0 Å². The Morgan fingerprint density at radius 1 is 1.07 bits per heavy atom. The van der Waals surface area contributed by atoms with Crippen molar-refractivity contribution in [2.24, 2.45) is 0 Å². The molecule has 0 unspecified atom stereocenters. The molecule has 0 spiro atoms. The molecule has 0 saturated heterocycles. The summed E-state index contributed by atoms with van der Waals surface area (Å²) in [4.78, 5) is 8.52. The van der Waals surface area contributed by atoms with Crippen molar-refractivity contribution in [3.05, 3.63) is 23.8 Å². The molecule has 1 aromatic heterocycles. The van der Waals surface area contributed by atoms with E-state index in [1.54, 1.807) is 6.33 Å². The van der Waals surface area contributed by atoms with Gasteiger partial charge in [0.25, 0.3) is 0 Å². The number of hydrogen-bond donors (Lipinski definition) is 0. The molecule has 0 aromatic carbocycles. The van der Waals surface area contributed by atoms with E-state index in [1.807, 2.05) is 13.8 Å². The normalized spacial score (nSPS) is 10.9. The van der Waals surface area contributed by atoms with Gasteiger partial charge in [0.2, 0.25) is 0 Å². The highest BCUT2D eigenvalue weighted by Gasteiger charge is 2.16. The number of aromatic nitrogens is 2. The fourth-order valence-electron chi connectivity index (χ4n) is 1.10. The summed E-state index contributed by atoms with van der Waals surface area (Å²) in [5.41, 5.74) is 2.36. The lowest BCUT2D eigenvalue weighted by Gasteiger charge is -2.18. The summed E-state index contributed by atoms with van der Waals surface area (Å²) in [6.07, 6.45) is 1.66. The van der Waals surface area contributed by atoms with Crippen LogP contribution in [0, 0.1) is 0 Å². The highest BCUT2D eigenvalue weighted by molar-refractivity contribution is 5.17. The third-order valence-corrected chi connectivity index (χ3v) is 2.05. The van der Waals surface area contributed by atoms with Crippen LogP contribution in [0.1, 0.15) is 65.8 Å². The molecule has 0 fully saturated rings. The molecule has 0 aliphatic carbocycles. The Kier molecular flexibility index (Phi) is 5.48. The van der Waals surface area contributed by atoms with E-state index in [1.165, 1.54) is 0 Å². The lowest BCUT2D eigenvalue weighted by molar-refractivity contribution is 0.563. The Morgan fingerprint density at radius 3 is 2.00 bits per heavy atom. The highest BCUT2D eigenvalue weighted by Crippen LogP contribution is 2.21. The largest absolute Gasteiger partial charge is 0.241 e. The quantitative estimate of drug-likeness (QED) is 0.699. The van der Waals surface area contributed by atoms with Gasteiger partial charge in [-0.2, -0.15) is 0 Å². The van der Waals surface area contributed by atoms with Crippen molar-refractivity contribution in [2.45, 2.75) is 59.8 Å². The van der Waals surface area contributed by atoms with Gasteiger partial charge in [0.1, 0.15) is 6.33 Å². The molecule has 0 aliphatic heterocycles. The maximum absolute atomic E-state index is 4.28. The van der Waals surface area contributed by atoms with Crippen LogP contribution >= 0.6 is 0 Å². The molecule has 15 heavy (non-hydrogen) atoms. The summed E-state index contributed by atoms with van der Waals surface area (Å²) >= 11 is 0. The Balaban J connectivity index is 0.000000921. The molecule has 0 bridgehead atoms. The Labute approximate surface area is 94.2 Å². The predicted octanol–water partition coefficient (Wildman–Crippen LogP) is 3.92. The monoisotopic (exact) mass is 208 g/mol. The standard InChI is InChI=1S/C11H18N2.C2H6/c1-8(2)9-6-10(11(3,4)5)13-7-12-9;1-2/h6-8H,1-5H3;1-2H3. The van der Waals surface area contributed by atoms with E-state index in [9.17, 15) is 0 Å². The second kappa shape index (κ2) is 5.84. The van der Waals surface area contributed by atoms with Gasteiger partial charge in [-0.05, 0) is 12.0 Å². The molecule has 86 valence electrons. The highest BCUT2D eigenvalue weighted by atomic mass is 14.8. The minimum absolute atomic E-state index is 0.118. The lowest BCUT2D eigenvalue weighted by Crippen LogP contribution is -2.14. The zero-order valence-electron chi connectivity index (χ0n) is 11.1. The van der Waals surface area contributed by atoms with Crippen molar-refractivity contribution in [3.63, 3.8) is 0 Å². The first-order chi connectivity index (χ1) is 6.91. The van der Waals surface area contributed by atoms with Gasteiger partial charge in [-0.1, -0.05) is 48.5 Å². The minimum atomic E-state index is 0.118. The average molecular weight is 208 g/mol. The Bertz CT molecular complexity index is 285. The second-order valence-corrected chi connectivity index (χ2v) is 4.73. The van der Waals surface area contributed by atoms with Crippen molar-refractivity contribution < 1.29 is 0 Å². The van der Waals surface area contributed by atoms with Crippen LogP contribution in [0.3, 0.4) is 0 Å². The van der Waals surface area contributed by atoms with E-state index in [4.69, 9.17) is 0 Å². The fourth-order valence-corrected chi connectivity index (χ4v) is 1.10. The molecule has 1 rings (SSSR count). The average Bonchev–Trinajstić information content (AvgIpc) is 2.20. The van der Waals surface area contributed by atoms with E-state index in [0.717, 1.165) is 11.4 Å². The first-order valence-corrected chi connectivity index (χ1v) is 5.73. The van der Waals surface area contributed by atoms with Crippen molar-refractivity contribution in [2.75, 3.05) is 0 Å². The maximum atomic E-state index is 4.28. The molecule has 1 aromatic rings. The van der Waals surface area contributed by atoms with Gasteiger partial charge in [0.05, 0.1) is 0 Å². The van der Waals surface area contributed by atoms with Crippen LogP contribution in [0.2, 0.25) is 0 Å². The van der Waals surface area contributed by atoms with E-state index < -0.39 is 0 Å². The lowest BCUT2D eigenvalue weighted by atomic mass is 9.91. The van der Waals surface area contributed by atoms with Crippen molar-refractivity contribution in [1.29, 1.82) is 0 Å². The topological polar surface area (TPSA) is 25.8 Å². The van der Waals surface area contributed by atoms with E-state index in [2.05, 4.69) is 50.7 Å². The minimum Gasteiger partial charge on any atom is -0.241 e. The zero-order chi connectivity index (χ0) is 12.1. The molecule has 0 radical (unpaired) electrons. The summed E-state index contributed by atoms with van der Waals surface area (Å²) in [6, 6.07) is 2.10. The SMILES string of the molecule is CC.CC(C)c1cc(C(C)(C)C)ncn1. The molecule has 0 N–H and O–H groups in total. The smallest absolute Gasteiger partial charge is 0.115 e. The molecule has 0 atom stereocenters. The van der Waals surface area contributed by atoms with Gasteiger partial charge in [0.15, 0.2) is 0 Å². The first-order valence-electron chi connectivity index (χ1n) is 5.73. The van der Waals surface area contributed by atoms with Crippen molar-refractivity contribution in [1.82, 2.24) is 9.97 Å². The van der Waals surface area contributed by atoms with Crippen LogP contribution in [-0.2, 0) is 5.41 Å². The van der Waals surface area contributed by atoms with Crippen LogP contribution in [0.5, 0.6) is 0 Å². The molecule has 0 amide bonds. The summed E-state index contributed by atoms with van der Waals surface area (Å²) in [5.74, 6) is 0.476. The molecule has 1 heterocycles. The summed E-state index contributed by atoms with van der Waals surface area (Å²) in [6.45, 7) is 14.8. The Morgan fingerprint density at radius 2 is 1.60 bits per heavy atom. The van der Waals surface area contributed by atoms with Gasteiger partial charge in [-0.25, -0.2) is 9.97 Å². The first kappa shape index (κ1) is 14.1. The van der Waals surface area contributed by atoms with Gasteiger partial charge in [-0.15, -0.1) is 0 Å². The van der Waals surface area contributed by atoms with Crippen LogP contribution in [0.4, 0.5) is 0 Å². The third-order valence-electron chi connectivity index (χ3n) is 2.05.